The molecule has 1 unspecified atom stereocenters. The van der Waals surface area contributed by atoms with E-state index in [1.807, 2.05) is 0 Å². The number of esters is 2. The number of carbonyl (C=O) groups is 3. The van der Waals surface area contributed by atoms with E-state index in [2.05, 4.69) is 0 Å². The summed E-state index contributed by atoms with van der Waals surface area (Å²) in [6.07, 6.45) is 7.39. The zero-order chi connectivity index (χ0) is 15.0. The molecule has 1 rings (SSSR count). The highest BCUT2D eigenvalue weighted by Crippen LogP contribution is 2.30. The molecule has 1 aliphatic carbocycles. The molecular formula is C15H20O5. The first kappa shape index (κ1) is 16.1. The first-order valence-corrected chi connectivity index (χ1v) is 6.81. The minimum atomic E-state index is -1.50. The predicted molar refractivity (Wildman–Crippen MR) is 72.8 cm³/mol. The summed E-state index contributed by atoms with van der Waals surface area (Å²) >= 11 is 0. The van der Waals surface area contributed by atoms with Gasteiger partial charge < -0.3 is 9.47 Å². The van der Waals surface area contributed by atoms with Crippen molar-refractivity contribution in [2.45, 2.75) is 33.1 Å². The molecule has 110 valence electrons. The summed E-state index contributed by atoms with van der Waals surface area (Å²) in [5.74, 6) is -1.49. The average molecular weight is 280 g/mol. The quantitative estimate of drug-likeness (QED) is 0.333. The van der Waals surface area contributed by atoms with E-state index in [1.54, 1.807) is 19.9 Å². The molecule has 5 nitrogen and oxygen atoms in total. The highest BCUT2D eigenvalue weighted by molar-refractivity contribution is 6.08. The van der Waals surface area contributed by atoms with Crippen LogP contribution in [0.3, 0.4) is 0 Å². The van der Waals surface area contributed by atoms with Crippen molar-refractivity contribution in [1.82, 2.24) is 0 Å². The standard InChI is InChI=1S/C15H20O5/c1-3-19-13(17)9-11-15(14(18)20-4-2)10-7-5-6-8-12(15)16/h7,9-11H,3-6,8H2,1-2H3/b11-9+. The fourth-order valence-electron chi connectivity index (χ4n) is 1.99. The predicted octanol–water partition coefficient (Wildman–Crippen LogP) is 1.96. The second kappa shape index (κ2) is 7.62. The Bertz CT molecular complexity index is 436. The number of ether oxygens (including phenoxy) is 2. The number of Topliss-reactive ketones (excluding diaryl/α,β-unsaturated/α-hetero) is 1. The maximum absolute atomic E-state index is 12.3. The zero-order valence-electron chi connectivity index (χ0n) is 11.9. The average Bonchev–Trinajstić information content (AvgIpc) is 2.60. The van der Waals surface area contributed by atoms with Gasteiger partial charge in [0.2, 0.25) is 0 Å². The molecule has 1 atom stereocenters. The Balaban J connectivity index is 3.09. The molecular weight excluding hydrogens is 260 g/mol. The van der Waals surface area contributed by atoms with Gasteiger partial charge >= 0.3 is 11.9 Å². The summed E-state index contributed by atoms with van der Waals surface area (Å²) in [4.78, 5) is 35.8. The molecule has 5 heteroatoms. The van der Waals surface area contributed by atoms with Gasteiger partial charge in [-0.15, -0.1) is 0 Å². The maximum atomic E-state index is 12.3. The lowest BCUT2D eigenvalue weighted by atomic mass is 9.81. The van der Waals surface area contributed by atoms with E-state index in [9.17, 15) is 14.4 Å². The molecule has 0 aliphatic heterocycles. The van der Waals surface area contributed by atoms with Gasteiger partial charge in [-0.25, -0.2) is 4.79 Å². The first-order valence-electron chi connectivity index (χ1n) is 6.81. The van der Waals surface area contributed by atoms with E-state index >= 15 is 0 Å². The zero-order valence-corrected chi connectivity index (χ0v) is 11.9. The second-order valence-corrected chi connectivity index (χ2v) is 4.39. The third-order valence-corrected chi connectivity index (χ3v) is 3.00. The highest BCUT2D eigenvalue weighted by Gasteiger charge is 2.42. The van der Waals surface area contributed by atoms with Crippen molar-refractivity contribution in [2.75, 3.05) is 13.2 Å². The Morgan fingerprint density at radius 3 is 2.65 bits per heavy atom. The third kappa shape index (κ3) is 3.79. The fourth-order valence-corrected chi connectivity index (χ4v) is 1.99. The van der Waals surface area contributed by atoms with Crippen molar-refractivity contribution < 1.29 is 23.9 Å². The van der Waals surface area contributed by atoms with Crippen LogP contribution < -0.4 is 0 Å². The molecule has 0 spiro atoms. The lowest BCUT2D eigenvalue weighted by Gasteiger charge is -2.22. The van der Waals surface area contributed by atoms with E-state index in [0.29, 0.717) is 6.42 Å². The summed E-state index contributed by atoms with van der Waals surface area (Å²) in [6, 6.07) is 0. The van der Waals surface area contributed by atoms with Crippen molar-refractivity contribution in [3.8, 4) is 0 Å². The number of ketones is 1. The molecule has 0 amide bonds. The number of rotatable bonds is 5. The van der Waals surface area contributed by atoms with Crippen LogP contribution in [-0.4, -0.2) is 30.9 Å². The monoisotopic (exact) mass is 280 g/mol. The van der Waals surface area contributed by atoms with Crippen LogP contribution in [0.15, 0.2) is 24.3 Å². The van der Waals surface area contributed by atoms with Crippen LogP contribution in [0.2, 0.25) is 0 Å². The van der Waals surface area contributed by atoms with Crippen molar-refractivity contribution in [3.63, 3.8) is 0 Å². The van der Waals surface area contributed by atoms with Gasteiger partial charge in [-0.05, 0) is 32.8 Å². The van der Waals surface area contributed by atoms with Gasteiger partial charge in [-0.2, -0.15) is 0 Å². The molecule has 0 radical (unpaired) electrons. The van der Waals surface area contributed by atoms with Crippen molar-refractivity contribution >= 4 is 17.7 Å². The van der Waals surface area contributed by atoms with E-state index in [0.717, 1.165) is 12.5 Å². The number of carbonyl (C=O) groups excluding carboxylic acids is 3. The van der Waals surface area contributed by atoms with Crippen molar-refractivity contribution in [1.29, 1.82) is 0 Å². The summed E-state index contributed by atoms with van der Waals surface area (Å²) in [6.45, 7) is 3.77. The summed E-state index contributed by atoms with van der Waals surface area (Å²) < 4.78 is 9.76. The maximum Gasteiger partial charge on any atom is 0.330 e. The minimum Gasteiger partial charge on any atom is -0.465 e. The topological polar surface area (TPSA) is 69.7 Å². The Labute approximate surface area is 118 Å². The highest BCUT2D eigenvalue weighted by atomic mass is 16.5. The lowest BCUT2D eigenvalue weighted by molar-refractivity contribution is -0.153. The smallest absolute Gasteiger partial charge is 0.330 e. The molecule has 0 aromatic rings. The number of hydrogen-bond donors (Lipinski definition) is 0. The molecule has 0 aromatic carbocycles. The van der Waals surface area contributed by atoms with Gasteiger partial charge in [-0.3, -0.25) is 9.59 Å². The Morgan fingerprint density at radius 1 is 1.30 bits per heavy atom. The Morgan fingerprint density at radius 2 is 2.00 bits per heavy atom. The summed E-state index contributed by atoms with van der Waals surface area (Å²) in [5.41, 5.74) is -1.50. The molecule has 0 fully saturated rings. The largest absolute Gasteiger partial charge is 0.465 e. The third-order valence-electron chi connectivity index (χ3n) is 3.00. The van der Waals surface area contributed by atoms with Crippen LogP contribution in [0.25, 0.3) is 0 Å². The van der Waals surface area contributed by atoms with Crippen LogP contribution in [0.1, 0.15) is 33.1 Å². The van der Waals surface area contributed by atoms with Crippen LogP contribution in [0.5, 0.6) is 0 Å². The van der Waals surface area contributed by atoms with Crippen LogP contribution in [-0.2, 0) is 23.9 Å². The molecule has 0 heterocycles. The van der Waals surface area contributed by atoms with Crippen molar-refractivity contribution in [3.05, 3.63) is 24.3 Å². The molecule has 0 aromatic heterocycles. The lowest BCUT2D eigenvalue weighted by Crippen LogP contribution is -2.37. The van der Waals surface area contributed by atoms with Gasteiger partial charge in [0.1, 0.15) is 0 Å². The van der Waals surface area contributed by atoms with Crippen molar-refractivity contribution in [2.24, 2.45) is 5.41 Å². The Hall–Kier alpha value is -1.91. The molecule has 0 N–H and O–H groups in total. The fraction of sp³-hybridized carbons (Fsp3) is 0.533. The normalized spacial score (nSPS) is 22.6. The molecule has 0 bridgehead atoms. The van der Waals surface area contributed by atoms with Gasteiger partial charge in [-0.1, -0.05) is 12.2 Å². The van der Waals surface area contributed by atoms with E-state index < -0.39 is 17.4 Å². The summed E-state index contributed by atoms with van der Waals surface area (Å²) in [7, 11) is 0. The van der Waals surface area contributed by atoms with Crippen LogP contribution in [0, 0.1) is 5.41 Å². The van der Waals surface area contributed by atoms with E-state index in [4.69, 9.17) is 9.47 Å². The molecule has 0 saturated heterocycles. The Kier molecular flexibility index (Phi) is 6.15. The number of allylic oxidation sites excluding steroid dienone is 1. The number of hydrogen-bond acceptors (Lipinski definition) is 5. The van der Waals surface area contributed by atoms with E-state index in [1.165, 1.54) is 12.2 Å². The van der Waals surface area contributed by atoms with Gasteiger partial charge in [0.05, 0.1) is 13.2 Å². The van der Waals surface area contributed by atoms with Gasteiger partial charge in [0.15, 0.2) is 11.2 Å². The molecule has 20 heavy (non-hydrogen) atoms. The van der Waals surface area contributed by atoms with Gasteiger partial charge in [0.25, 0.3) is 0 Å². The summed E-state index contributed by atoms with van der Waals surface area (Å²) in [5, 5.41) is 0. The second-order valence-electron chi connectivity index (χ2n) is 4.39. The van der Waals surface area contributed by atoms with Crippen LogP contribution in [0.4, 0.5) is 0 Å². The van der Waals surface area contributed by atoms with Crippen LogP contribution >= 0.6 is 0 Å². The molecule has 0 saturated carbocycles. The van der Waals surface area contributed by atoms with Gasteiger partial charge in [0, 0.05) is 12.5 Å². The first-order chi connectivity index (χ1) is 9.56. The van der Waals surface area contributed by atoms with E-state index in [-0.39, 0.29) is 25.4 Å². The molecule has 1 aliphatic rings. The SMILES string of the molecule is CCOC(=O)/C=C/C1(C(=O)OCC)C=CCCCC1=O. The minimum absolute atomic E-state index is 0.176.